The molecule has 3 aromatic heterocycles. The minimum absolute atomic E-state index is 0. The molecule has 0 aliphatic heterocycles. The summed E-state index contributed by atoms with van der Waals surface area (Å²) in [5, 5.41) is 14.6. The van der Waals surface area contributed by atoms with Crippen LogP contribution in [0.1, 0.15) is 62.0 Å². The number of nitrogens with zero attached hydrogens (tertiary/aromatic N) is 9. The Hall–Kier alpha value is -5.44. The molecule has 0 bridgehead atoms. The van der Waals surface area contributed by atoms with Gasteiger partial charge in [-0.05, 0) is 36.4 Å². The van der Waals surface area contributed by atoms with Gasteiger partial charge in [-0.15, -0.1) is 20.5 Å². The van der Waals surface area contributed by atoms with E-state index in [1.807, 2.05) is 0 Å². The minimum atomic E-state index is -4.94. The summed E-state index contributed by atoms with van der Waals surface area (Å²) in [5.41, 5.74) is 3.00. The minimum Gasteiger partial charge on any atom is -0.465 e. The van der Waals surface area contributed by atoms with Crippen molar-refractivity contribution in [3.05, 3.63) is 88.8 Å². The summed E-state index contributed by atoms with van der Waals surface area (Å²) >= 11 is 0. The van der Waals surface area contributed by atoms with Crippen molar-refractivity contribution < 1.29 is 103 Å². The van der Waals surface area contributed by atoms with E-state index in [1.54, 1.807) is 67.2 Å². The average Bonchev–Trinajstić information content (AvgIpc) is 3.18. The predicted octanol–water partition coefficient (Wildman–Crippen LogP) is -6.26. The summed E-state index contributed by atoms with van der Waals surface area (Å²) in [4.78, 5) is 63.0. The van der Waals surface area contributed by atoms with Gasteiger partial charge in [0, 0.05) is 70.7 Å². The molecular weight excluding hydrogens is 888 g/mol. The molecule has 26 heteroatoms. The standard InChI is InChI=1S/C30H33N7O6.2C2H3N.2ClHO4.Ni/c1-41-28(38)22-4-7-25(34-16-22)19-31-10-13-37(14-11-32-20-26-8-5-23(17-35-26)29(39)42-2)15-12-33-21-27-9-6-24(18-36-27)30(40)43-3;2*1-2-3;2*2-1(3,4)5;/h4-9,16-21H,10-15H2,1-3H3;2*1H3;2*(H,2,3,4,5);/q;;;;;+2/p-2. The van der Waals surface area contributed by atoms with Crippen LogP contribution in [-0.4, -0.2) is 117 Å². The fraction of sp³-hybridized carbons (Fsp3) is 0.324. The number of ether oxygens (including phenoxy) is 3. The molecule has 3 aromatic rings. The summed E-state index contributed by atoms with van der Waals surface area (Å²) in [6.07, 6.45) is 9.32. The second-order valence-electron chi connectivity index (χ2n) is 10.0. The SMILES string of the molecule is CC#N.CC#N.COC(=O)c1ccc(C=NCCN(CCN=Cc2ccc(C(=O)OC)cn2)CCN=Cc2ccc(C(=O)OC)cn2)nc1.[Ni+2].[O-][Cl+3]([O-])([O-])[O-].[O-][Cl+3]([O-])([O-])[O-]. The Bertz CT molecular complexity index is 1620. The molecule has 0 aromatic carbocycles. The van der Waals surface area contributed by atoms with E-state index < -0.39 is 38.4 Å². The number of carbonyl (C=O) groups is 3. The molecule has 0 N–H and O–H groups in total. The first-order chi connectivity index (χ1) is 27.8. The van der Waals surface area contributed by atoms with Crippen molar-refractivity contribution in [2.75, 3.05) is 60.6 Å². The van der Waals surface area contributed by atoms with Crippen molar-refractivity contribution in [2.24, 2.45) is 15.0 Å². The number of halogens is 2. The smallest absolute Gasteiger partial charge is 0.465 e. The Morgan fingerprint density at radius 2 is 0.800 bits per heavy atom. The van der Waals surface area contributed by atoms with Crippen LogP contribution in [0.15, 0.2) is 70.0 Å². The van der Waals surface area contributed by atoms with E-state index in [-0.39, 0.29) is 16.5 Å². The topological polar surface area (TPSA) is 390 Å². The molecule has 0 aliphatic rings. The number of pyridine rings is 3. The van der Waals surface area contributed by atoms with Crippen molar-refractivity contribution in [2.45, 2.75) is 13.8 Å². The van der Waals surface area contributed by atoms with Gasteiger partial charge in [0.1, 0.15) is 0 Å². The Labute approximate surface area is 359 Å². The van der Waals surface area contributed by atoms with E-state index in [9.17, 15) is 14.4 Å². The Morgan fingerprint density at radius 3 is 0.967 bits per heavy atom. The number of aromatic nitrogens is 3. The number of esters is 3. The van der Waals surface area contributed by atoms with Crippen molar-refractivity contribution >= 4 is 36.6 Å². The van der Waals surface area contributed by atoms with E-state index in [0.717, 1.165) is 0 Å². The van der Waals surface area contributed by atoms with Gasteiger partial charge >= 0.3 is 34.4 Å². The van der Waals surface area contributed by atoms with Crippen LogP contribution in [-0.2, 0) is 30.7 Å². The Kier molecular flexibility index (Phi) is 33.8. The maximum Gasteiger partial charge on any atom is 2.00 e. The summed E-state index contributed by atoms with van der Waals surface area (Å²) < 4.78 is 82.0. The third kappa shape index (κ3) is 34.6. The van der Waals surface area contributed by atoms with Gasteiger partial charge in [0.2, 0.25) is 0 Å². The number of rotatable bonds is 15. The Balaban J connectivity index is -0.00000163. The molecule has 3 heterocycles. The number of nitriles is 2. The second-order valence-corrected chi connectivity index (χ2v) is 11.6. The molecule has 0 unspecified atom stereocenters. The number of carbonyl (C=O) groups excluding carboxylic acids is 3. The van der Waals surface area contributed by atoms with Crippen molar-refractivity contribution in [1.29, 1.82) is 10.5 Å². The van der Waals surface area contributed by atoms with Crippen LogP contribution in [0.5, 0.6) is 0 Å². The van der Waals surface area contributed by atoms with E-state index in [4.69, 9.17) is 47.8 Å². The molecule has 0 atom stereocenters. The predicted molar refractivity (Wildman–Crippen MR) is 183 cm³/mol. The van der Waals surface area contributed by atoms with Gasteiger partial charge in [0.25, 0.3) is 0 Å². The monoisotopic (exact) mass is 925 g/mol. The summed E-state index contributed by atoms with van der Waals surface area (Å²) in [6.45, 7) is 6.36. The summed E-state index contributed by atoms with van der Waals surface area (Å²) in [6, 6.07) is 13.5. The van der Waals surface area contributed by atoms with Crippen LogP contribution in [0.3, 0.4) is 0 Å². The largest absolute Gasteiger partial charge is 2.00 e. The molecule has 0 spiro atoms. The van der Waals surface area contributed by atoms with Gasteiger partial charge in [-0.25, -0.2) is 51.7 Å². The zero-order chi connectivity index (χ0) is 45.3. The molecule has 0 aliphatic carbocycles. The molecule has 0 saturated carbocycles. The van der Waals surface area contributed by atoms with Crippen LogP contribution in [0.4, 0.5) is 0 Å². The van der Waals surface area contributed by atoms with E-state index in [0.29, 0.717) is 73.0 Å². The zero-order valence-corrected chi connectivity index (χ0v) is 35.0. The number of aliphatic imine (C=N–C) groups is 3. The van der Waals surface area contributed by atoms with Crippen LogP contribution < -0.4 is 37.3 Å². The quantitative estimate of drug-likeness (QED) is 0.0592. The molecule has 0 radical (unpaired) electrons. The van der Waals surface area contributed by atoms with Crippen LogP contribution in [0.25, 0.3) is 0 Å². The van der Waals surface area contributed by atoms with Gasteiger partial charge < -0.3 is 14.2 Å². The van der Waals surface area contributed by atoms with Crippen molar-refractivity contribution in [1.82, 2.24) is 19.9 Å². The maximum absolute atomic E-state index is 11.6. The third-order valence-corrected chi connectivity index (χ3v) is 5.93. The molecule has 0 fully saturated rings. The second kappa shape index (κ2) is 34.4. The van der Waals surface area contributed by atoms with Gasteiger partial charge in [0.15, 0.2) is 0 Å². The fourth-order valence-corrected chi connectivity index (χ4v) is 3.57. The van der Waals surface area contributed by atoms with Gasteiger partial charge in [0.05, 0.1) is 86.9 Å². The van der Waals surface area contributed by atoms with E-state index in [2.05, 4.69) is 49.0 Å². The normalized spacial score (nSPS) is 10.5. The van der Waals surface area contributed by atoms with E-state index >= 15 is 0 Å². The van der Waals surface area contributed by atoms with Gasteiger partial charge in [-0.2, -0.15) is 10.5 Å². The number of hydrogen-bond acceptors (Lipinski definition) is 23. The molecule has 328 valence electrons. The fourth-order valence-electron chi connectivity index (χ4n) is 3.57. The average molecular weight is 927 g/mol. The molecule has 0 saturated heterocycles. The molecule has 0 amide bonds. The molecule has 3 rings (SSSR count). The van der Waals surface area contributed by atoms with Crippen LogP contribution in [0, 0.1) is 43.1 Å². The molecule has 60 heavy (non-hydrogen) atoms. The van der Waals surface area contributed by atoms with Crippen molar-refractivity contribution in [3.63, 3.8) is 0 Å². The van der Waals surface area contributed by atoms with Crippen LogP contribution in [0.2, 0.25) is 0 Å². The van der Waals surface area contributed by atoms with Crippen molar-refractivity contribution in [3.8, 4) is 12.1 Å². The number of methoxy groups -OCH3 is 3. The Morgan fingerprint density at radius 1 is 0.583 bits per heavy atom. The first kappa shape index (κ1) is 58.9. The first-order valence-electron chi connectivity index (χ1n) is 16.0. The number of hydrogen-bond donors (Lipinski definition) is 0. The summed E-state index contributed by atoms with van der Waals surface area (Å²) in [5.74, 6) is -1.33. The zero-order valence-electron chi connectivity index (χ0n) is 32.5. The first-order valence-corrected chi connectivity index (χ1v) is 18.4. The molecular formula is C34H39Cl2N9NiO14. The molecule has 23 nitrogen and oxygen atoms in total. The van der Waals surface area contributed by atoms with Crippen LogP contribution >= 0.6 is 0 Å². The van der Waals surface area contributed by atoms with Gasteiger partial charge in [-0.1, -0.05) is 0 Å². The maximum atomic E-state index is 11.6. The van der Waals surface area contributed by atoms with E-state index in [1.165, 1.54) is 53.8 Å². The third-order valence-electron chi connectivity index (χ3n) is 5.93. The summed E-state index contributed by atoms with van der Waals surface area (Å²) in [7, 11) is -5.93. The van der Waals surface area contributed by atoms with Gasteiger partial charge in [-0.3, -0.25) is 34.8 Å².